The summed E-state index contributed by atoms with van der Waals surface area (Å²) in [6.07, 6.45) is 5.43. The number of aliphatic hydroxyl groups excluding tert-OH is 1. The summed E-state index contributed by atoms with van der Waals surface area (Å²) < 4.78 is 5.52. The Balaban J connectivity index is 3.09. The molecule has 0 aliphatic carbocycles. The Labute approximate surface area is 127 Å². The van der Waals surface area contributed by atoms with E-state index in [1.54, 1.807) is 4.90 Å². The van der Waals surface area contributed by atoms with Gasteiger partial charge in [0.15, 0.2) is 0 Å². The maximum absolute atomic E-state index is 12.1. The fourth-order valence-corrected chi connectivity index (χ4v) is 2.22. The Morgan fingerprint density at radius 2 is 1.90 bits per heavy atom. The third kappa shape index (κ3) is 4.69. The van der Waals surface area contributed by atoms with Crippen molar-refractivity contribution in [3.63, 3.8) is 0 Å². The van der Waals surface area contributed by atoms with Gasteiger partial charge in [0.05, 0.1) is 12.3 Å². The van der Waals surface area contributed by atoms with Gasteiger partial charge in [-0.15, -0.1) is 0 Å². The summed E-state index contributed by atoms with van der Waals surface area (Å²) in [4.78, 5) is 13.6. The number of aliphatic hydroxyl groups is 1. The summed E-state index contributed by atoms with van der Waals surface area (Å²) in [6.45, 7) is 6.10. The molecule has 0 aromatic heterocycles. The first-order chi connectivity index (χ1) is 10.2. The lowest BCUT2D eigenvalue weighted by Gasteiger charge is -2.26. The third-order valence-electron chi connectivity index (χ3n) is 3.34. The van der Waals surface area contributed by atoms with Gasteiger partial charge in [0, 0.05) is 0 Å². The van der Waals surface area contributed by atoms with Crippen molar-refractivity contribution in [3.8, 4) is 0 Å². The molecular formula is C17H25NO3. The molecule has 0 saturated heterocycles. The van der Waals surface area contributed by atoms with Gasteiger partial charge in [0.1, 0.15) is 13.3 Å². The van der Waals surface area contributed by atoms with Crippen LogP contribution < -0.4 is 4.90 Å². The molecule has 0 radical (unpaired) electrons. The van der Waals surface area contributed by atoms with Crippen LogP contribution in [0.15, 0.2) is 30.4 Å². The maximum atomic E-state index is 12.1. The molecule has 1 aromatic carbocycles. The van der Waals surface area contributed by atoms with E-state index in [4.69, 9.17) is 4.74 Å². The van der Waals surface area contributed by atoms with Crippen LogP contribution in [0.2, 0.25) is 0 Å². The van der Waals surface area contributed by atoms with Crippen molar-refractivity contribution < 1.29 is 14.6 Å². The molecule has 0 saturated carbocycles. The average Bonchev–Trinajstić information content (AvgIpc) is 2.53. The second kappa shape index (κ2) is 9.32. The van der Waals surface area contributed by atoms with Crippen LogP contribution in [0.4, 0.5) is 5.69 Å². The first-order valence-corrected chi connectivity index (χ1v) is 7.40. The minimum Gasteiger partial charge on any atom is -0.387 e. The summed E-state index contributed by atoms with van der Waals surface area (Å²) in [7, 11) is 0. The average molecular weight is 291 g/mol. The van der Waals surface area contributed by atoms with E-state index in [1.165, 1.54) is 0 Å². The lowest BCUT2D eigenvalue weighted by Crippen LogP contribution is -2.36. The predicted octanol–water partition coefficient (Wildman–Crippen LogP) is 2.69. The van der Waals surface area contributed by atoms with Gasteiger partial charge in [-0.2, -0.15) is 0 Å². The quantitative estimate of drug-likeness (QED) is 0.455. The maximum Gasteiger partial charge on any atom is 0.254 e. The van der Waals surface area contributed by atoms with Crippen molar-refractivity contribution in [2.75, 3.05) is 24.8 Å². The van der Waals surface area contributed by atoms with Gasteiger partial charge in [-0.1, -0.05) is 44.2 Å². The number of benzene rings is 1. The molecule has 1 N–H and O–H groups in total. The zero-order chi connectivity index (χ0) is 15.7. The Morgan fingerprint density at radius 3 is 2.38 bits per heavy atom. The molecule has 0 unspecified atom stereocenters. The van der Waals surface area contributed by atoms with Gasteiger partial charge in [-0.3, -0.25) is 9.69 Å². The molecule has 1 amide bonds. The number of rotatable bonds is 8. The van der Waals surface area contributed by atoms with Crippen molar-refractivity contribution >= 4 is 11.6 Å². The first kappa shape index (κ1) is 17.4. The largest absolute Gasteiger partial charge is 0.387 e. The number of amides is 1. The summed E-state index contributed by atoms with van der Waals surface area (Å²) >= 11 is 0. The number of nitrogens with zero attached hydrogens (tertiary/aromatic N) is 1. The van der Waals surface area contributed by atoms with E-state index >= 15 is 0 Å². The smallest absolute Gasteiger partial charge is 0.254 e. The van der Waals surface area contributed by atoms with E-state index < -0.39 is 6.61 Å². The van der Waals surface area contributed by atoms with E-state index in [2.05, 4.69) is 13.8 Å². The first-order valence-electron chi connectivity index (χ1n) is 7.40. The van der Waals surface area contributed by atoms with Crippen LogP contribution in [0.3, 0.4) is 0 Å². The van der Waals surface area contributed by atoms with Gasteiger partial charge < -0.3 is 9.84 Å². The number of allylic oxidation sites excluding steroid dienone is 1. The van der Waals surface area contributed by atoms with E-state index in [0.717, 1.165) is 29.7 Å². The van der Waals surface area contributed by atoms with Crippen LogP contribution in [-0.4, -0.2) is 31.0 Å². The molecule has 0 heterocycles. The van der Waals surface area contributed by atoms with Crippen molar-refractivity contribution in [1.29, 1.82) is 0 Å². The molecule has 4 nitrogen and oxygen atoms in total. The van der Waals surface area contributed by atoms with E-state index in [9.17, 15) is 9.90 Å². The van der Waals surface area contributed by atoms with Gasteiger partial charge >= 0.3 is 0 Å². The van der Waals surface area contributed by atoms with E-state index in [0.29, 0.717) is 6.61 Å². The summed E-state index contributed by atoms with van der Waals surface area (Å²) in [5, 5.41) is 9.24. The molecule has 0 fully saturated rings. The minimum atomic E-state index is -0.520. The molecule has 1 aromatic rings. The van der Waals surface area contributed by atoms with E-state index in [1.807, 2.05) is 37.3 Å². The number of carbonyl (C=O) groups excluding carboxylic acids is 1. The van der Waals surface area contributed by atoms with Crippen molar-refractivity contribution in [2.45, 2.75) is 33.6 Å². The number of para-hydroxylation sites is 1. The highest BCUT2D eigenvalue weighted by Gasteiger charge is 2.20. The number of ether oxygens (including phenoxy) is 1. The minimum absolute atomic E-state index is 0.147. The van der Waals surface area contributed by atoms with Crippen LogP contribution in [0.5, 0.6) is 0 Å². The number of carbonyl (C=O) groups is 1. The molecule has 0 bridgehead atoms. The number of anilines is 1. The molecule has 4 heteroatoms. The van der Waals surface area contributed by atoms with Crippen molar-refractivity contribution in [3.05, 3.63) is 41.5 Å². The Hall–Kier alpha value is -1.65. The molecule has 0 atom stereocenters. The van der Waals surface area contributed by atoms with Crippen LogP contribution in [0, 0.1) is 0 Å². The van der Waals surface area contributed by atoms with Gasteiger partial charge in [0.25, 0.3) is 5.91 Å². The fraction of sp³-hybridized carbons (Fsp3) is 0.471. The monoisotopic (exact) mass is 291 g/mol. The van der Waals surface area contributed by atoms with Gasteiger partial charge in [-0.25, -0.2) is 0 Å². The van der Waals surface area contributed by atoms with Crippen LogP contribution in [-0.2, 0) is 22.4 Å². The molecule has 1 rings (SSSR count). The zero-order valence-corrected chi connectivity index (χ0v) is 13.1. The Bertz CT molecular complexity index is 461. The molecular weight excluding hydrogens is 266 g/mol. The summed E-state index contributed by atoms with van der Waals surface area (Å²) in [5.74, 6) is -0.342. The van der Waals surface area contributed by atoms with Crippen LogP contribution >= 0.6 is 0 Å². The standard InChI is InChI=1S/C17H25NO3/c1-4-7-11-21-13-18(16(20)12-19)17-14(5-2)9-8-10-15(17)6-3/h4,7-10,19H,5-6,11-13H2,1-3H3/b7-4-. The summed E-state index contributed by atoms with van der Waals surface area (Å²) in [5.41, 5.74) is 3.05. The fourth-order valence-electron chi connectivity index (χ4n) is 2.22. The Morgan fingerprint density at radius 1 is 1.29 bits per heavy atom. The molecule has 116 valence electrons. The molecule has 21 heavy (non-hydrogen) atoms. The number of hydrogen-bond acceptors (Lipinski definition) is 3. The van der Waals surface area contributed by atoms with Crippen molar-refractivity contribution in [1.82, 2.24) is 0 Å². The molecule has 0 spiro atoms. The highest BCUT2D eigenvalue weighted by atomic mass is 16.5. The van der Waals surface area contributed by atoms with Gasteiger partial charge in [0.2, 0.25) is 0 Å². The SMILES string of the molecule is C/C=C\COCN(C(=O)CO)c1c(CC)cccc1CC. The van der Waals surface area contributed by atoms with Crippen molar-refractivity contribution in [2.24, 2.45) is 0 Å². The topological polar surface area (TPSA) is 49.8 Å². The summed E-state index contributed by atoms with van der Waals surface area (Å²) in [6, 6.07) is 6.03. The number of hydrogen-bond donors (Lipinski definition) is 1. The lowest BCUT2D eigenvalue weighted by molar-refractivity contribution is -0.122. The lowest BCUT2D eigenvalue weighted by atomic mass is 10.0. The van der Waals surface area contributed by atoms with E-state index in [-0.39, 0.29) is 12.6 Å². The zero-order valence-electron chi connectivity index (χ0n) is 13.1. The normalized spacial score (nSPS) is 11.0. The second-order valence-electron chi connectivity index (χ2n) is 4.68. The Kier molecular flexibility index (Phi) is 7.72. The predicted molar refractivity (Wildman–Crippen MR) is 85.4 cm³/mol. The molecule has 0 aliphatic heterocycles. The highest BCUT2D eigenvalue weighted by Crippen LogP contribution is 2.27. The number of aryl methyl sites for hydroxylation is 2. The third-order valence-corrected chi connectivity index (χ3v) is 3.34. The van der Waals surface area contributed by atoms with Crippen LogP contribution in [0.1, 0.15) is 31.9 Å². The highest BCUT2D eigenvalue weighted by molar-refractivity contribution is 5.95. The van der Waals surface area contributed by atoms with Gasteiger partial charge in [-0.05, 0) is 30.9 Å². The second-order valence-corrected chi connectivity index (χ2v) is 4.68. The van der Waals surface area contributed by atoms with Crippen LogP contribution in [0.25, 0.3) is 0 Å². The molecule has 0 aliphatic rings.